The maximum Gasteiger partial charge on any atom is 0.377 e. The fourth-order valence-corrected chi connectivity index (χ4v) is 2.14. The lowest BCUT2D eigenvalue weighted by Gasteiger charge is -2.36. The third-order valence-electron chi connectivity index (χ3n) is 3.81. The molecule has 0 aromatic carbocycles. The first-order valence-electron chi connectivity index (χ1n) is 7.53. The van der Waals surface area contributed by atoms with E-state index in [1.165, 1.54) is 6.92 Å². The highest BCUT2D eigenvalue weighted by Gasteiger charge is 2.46. The summed E-state index contributed by atoms with van der Waals surface area (Å²) in [6.07, 6.45) is -10.7. The van der Waals surface area contributed by atoms with Crippen LogP contribution in [0.4, 0.5) is 0 Å². The number of carbonyl (C=O) groups excluding carboxylic acids is 2. The Morgan fingerprint density at radius 3 is 2.31 bits per heavy atom. The van der Waals surface area contributed by atoms with Crippen molar-refractivity contribution in [3.63, 3.8) is 0 Å². The van der Waals surface area contributed by atoms with Crippen LogP contribution in [0.25, 0.3) is 0 Å². The Morgan fingerprint density at radius 2 is 1.77 bits per heavy atom. The maximum atomic E-state index is 11.6. The third-order valence-corrected chi connectivity index (χ3v) is 3.81. The zero-order valence-electron chi connectivity index (χ0n) is 13.7. The van der Waals surface area contributed by atoms with Crippen LogP contribution in [0.5, 0.6) is 0 Å². The summed E-state index contributed by atoms with van der Waals surface area (Å²) in [5.41, 5.74) is 0. The zero-order chi connectivity index (χ0) is 20.2. The van der Waals surface area contributed by atoms with Gasteiger partial charge in [0.1, 0.15) is 30.5 Å². The second kappa shape index (κ2) is 9.12. The first kappa shape index (κ1) is 22.1. The first-order chi connectivity index (χ1) is 12.0. The highest BCUT2D eigenvalue weighted by molar-refractivity contribution is 5.86. The number of carbonyl (C=O) groups is 2. The van der Waals surface area contributed by atoms with Gasteiger partial charge in [0.2, 0.25) is 5.76 Å². The van der Waals surface area contributed by atoms with Crippen LogP contribution in [0.15, 0.2) is 11.5 Å². The van der Waals surface area contributed by atoms with Gasteiger partial charge in [0, 0.05) is 5.92 Å². The van der Waals surface area contributed by atoms with Crippen molar-refractivity contribution < 1.29 is 59.9 Å². The highest BCUT2D eigenvalue weighted by atomic mass is 16.6. The third kappa shape index (κ3) is 4.81. The van der Waals surface area contributed by atoms with Gasteiger partial charge in [0.25, 0.3) is 0 Å². The van der Waals surface area contributed by atoms with Crippen LogP contribution in [0, 0.1) is 5.92 Å². The molecule has 0 radical (unpaired) electrons. The van der Waals surface area contributed by atoms with Crippen molar-refractivity contribution in [2.75, 3.05) is 13.2 Å². The molecule has 0 saturated carbocycles. The Bertz CT molecular complexity index is 546. The van der Waals surface area contributed by atoms with Gasteiger partial charge in [-0.3, -0.25) is 0 Å². The lowest BCUT2D eigenvalue weighted by Crippen LogP contribution is -2.57. The summed E-state index contributed by atoms with van der Waals surface area (Å²) in [5, 5.41) is 74.7. The van der Waals surface area contributed by atoms with Gasteiger partial charge >= 0.3 is 11.9 Å². The topological polar surface area (TPSA) is 214 Å². The number of hydrogen-bond donors (Lipinski definition) is 8. The van der Waals surface area contributed by atoms with E-state index in [2.05, 4.69) is 4.74 Å². The predicted octanol–water partition coefficient (Wildman–Crippen LogP) is -3.78. The minimum atomic E-state index is -2.14. The smallest absolute Gasteiger partial charge is 0.377 e. The van der Waals surface area contributed by atoms with Crippen molar-refractivity contribution in [3.8, 4) is 0 Å². The average molecular weight is 382 g/mol. The molecule has 0 spiro atoms. The fourth-order valence-electron chi connectivity index (χ4n) is 2.14. The average Bonchev–Trinajstić information content (AvgIpc) is 2.64. The number of rotatable bonds is 7. The Kier molecular flexibility index (Phi) is 7.74. The van der Waals surface area contributed by atoms with E-state index in [0.717, 1.165) is 0 Å². The summed E-state index contributed by atoms with van der Waals surface area (Å²) < 4.78 is 9.39. The molecule has 0 bridgehead atoms. The summed E-state index contributed by atoms with van der Waals surface area (Å²) in [4.78, 5) is 23.0. The molecule has 7 atom stereocenters. The SMILES string of the molecule is C[C@H](COC(=O)/C(O)=C(/O)[C@H](O)[C@H](O)CO)[C@@H]1OC(=O)[C@@H](O)[C@H](O)[C@H]1O. The van der Waals surface area contributed by atoms with Gasteiger partial charge < -0.3 is 50.3 Å². The molecule has 8 N–H and O–H groups in total. The number of hydrogen-bond acceptors (Lipinski definition) is 12. The van der Waals surface area contributed by atoms with E-state index in [1.54, 1.807) is 0 Å². The van der Waals surface area contributed by atoms with Crippen LogP contribution in [-0.2, 0) is 19.1 Å². The Hall–Kier alpha value is -1.96. The van der Waals surface area contributed by atoms with Gasteiger partial charge in [-0.25, -0.2) is 9.59 Å². The molecule has 1 aliphatic rings. The largest absolute Gasteiger partial charge is 0.506 e. The fraction of sp³-hybridized carbons (Fsp3) is 0.714. The van der Waals surface area contributed by atoms with Gasteiger partial charge in [-0.2, -0.15) is 0 Å². The Balaban J connectivity index is 2.70. The van der Waals surface area contributed by atoms with Gasteiger partial charge in [-0.05, 0) is 0 Å². The van der Waals surface area contributed by atoms with Crippen LogP contribution in [0.2, 0.25) is 0 Å². The van der Waals surface area contributed by atoms with E-state index in [4.69, 9.17) is 14.9 Å². The number of cyclic esters (lactones) is 1. The Morgan fingerprint density at radius 1 is 1.19 bits per heavy atom. The lowest BCUT2D eigenvalue weighted by molar-refractivity contribution is -0.210. The summed E-state index contributed by atoms with van der Waals surface area (Å²) in [5.74, 6) is -6.31. The molecule has 0 aliphatic carbocycles. The molecule has 12 nitrogen and oxygen atoms in total. The molecule has 1 saturated heterocycles. The van der Waals surface area contributed by atoms with Crippen LogP contribution in [0.3, 0.4) is 0 Å². The number of aliphatic hydroxyl groups is 8. The van der Waals surface area contributed by atoms with Crippen molar-refractivity contribution in [3.05, 3.63) is 11.5 Å². The molecule has 0 unspecified atom stereocenters. The highest BCUT2D eigenvalue weighted by Crippen LogP contribution is 2.23. The zero-order valence-corrected chi connectivity index (χ0v) is 13.7. The first-order valence-corrected chi connectivity index (χ1v) is 7.53. The standard InChI is InChI=1S/C14H22O12/c1-4(12-9(20)8(19)11(22)14(24)26-12)3-25-13(23)10(21)7(18)6(17)5(16)2-15/h4-6,8-9,11-12,15-22H,2-3H2,1H3/b10-7-/t4-,5-,6-,8-,9-,11+,12+/m1/s1. The monoisotopic (exact) mass is 382 g/mol. The number of aliphatic hydroxyl groups excluding tert-OH is 8. The number of esters is 2. The molecule has 1 fully saturated rings. The van der Waals surface area contributed by atoms with Crippen molar-refractivity contribution >= 4 is 11.9 Å². The van der Waals surface area contributed by atoms with E-state index in [1.807, 2.05) is 0 Å². The van der Waals surface area contributed by atoms with Crippen LogP contribution in [0.1, 0.15) is 6.92 Å². The molecule has 0 aromatic rings. The van der Waals surface area contributed by atoms with E-state index >= 15 is 0 Å². The van der Waals surface area contributed by atoms with Crippen molar-refractivity contribution in [2.24, 2.45) is 5.92 Å². The quantitative estimate of drug-likeness (QED) is 0.121. The van der Waals surface area contributed by atoms with Gasteiger partial charge in [0.15, 0.2) is 11.9 Å². The summed E-state index contributed by atoms with van der Waals surface area (Å²) in [6.45, 7) is -0.139. The van der Waals surface area contributed by atoms with Crippen molar-refractivity contribution in [1.82, 2.24) is 0 Å². The molecule has 1 rings (SSSR count). The second-order valence-corrected chi connectivity index (χ2v) is 5.83. The Labute approximate surface area is 147 Å². The van der Waals surface area contributed by atoms with E-state index < -0.39 is 79.2 Å². The van der Waals surface area contributed by atoms with E-state index in [0.29, 0.717) is 0 Å². The molecule has 1 aliphatic heterocycles. The minimum absolute atomic E-state index is 0.549. The molecule has 12 heteroatoms. The molecule has 150 valence electrons. The van der Waals surface area contributed by atoms with Gasteiger partial charge in [0.05, 0.1) is 13.2 Å². The number of ether oxygens (including phenoxy) is 2. The minimum Gasteiger partial charge on any atom is -0.506 e. The van der Waals surface area contributed by atoms with E-state index in [-0.39, 0.29) is 0 Å². The molecule has 0 amide bonds. The molecular weight excluding hydrogens is 360 g/mol. The van der Waals surface area contributed by atoms with Crippen LogP contribution < -0.4 is 0 Å². The second-order valence-electron chi connectivity index (χ2n) is 5.83. The van der Waals surface area contributed by atoms with E-state index in [9.17, 15) is 40.2 Å². The molecule has 26 heavy (non-hydrogen) atoms. The van der Waals surface area contributed by atoms with Crippen molar-refractivity contribution in [2.45, 2.75) is 43.5 Å². The predicted molar refractivity (Wildman–Crippen MR) is 79.4 cm³/mol. The lowest BCUT2D eigenvalue weighted by atomic mass is 9.91. The van der Waals surface area contributed by atoms with Gasteiger partial charge in [-0.1, -0.05) is 6.92 Å². The summed E-state index contributed by atoms with van der Waals surface area (Å²) in [6, 6.07) is 0. The van der Waals surface area contributed by atoms with Crippen LogP contribution >= 0.6 is 0 Å². The summed E-state index contributed by atoms with van der Waals surface area (Å²) in [7, 11) is 0. The van der Waals surface area contributed by atoms with Gasteiger partial charge in [-0.15, -0.1) is 0 Å². The normalized spacial score (nSPS) is 30.7. The molecule has 1 heterocycles. The molecular formula is C14H22O12. The van der Waals surface area contributed by atoms with Crippen LogP contribution in [-0.4, -0.2) is 103 Å². The van der Waals surface area contributed by atoms with Crippen molar-refractivity contribution in [1.29, 1.82) is 0 Å². The summed E-state index contributed by atoms with van der Waals surface area (Å²) >= 11 is 0. The molecule has 0 aromatic heterocycles. The maximum absolute atomic E-state index is 11.6.